The van der Waals surface area contributed by atoms with Crippen LogP contribution in [0.1, 0.15) is 30.9 Å². The average Bonchev–Trinajstić information content (AvgIpc) is 2.69. The number of nitrogens with zero attached hydrogens (tertiary/aromatic N) is 1. The fraction of sp³-hybridized carbons (Fsp3) is 0.364. The number of rotatable bonds is 7. The maximum absolute atomic E-state index is 3.62. The summed E-state index contributed by atoms with van der Waals surface area (Å²) in [6.07, 6.45) is 4.63. The highest BCUT2D eigenvalue weighted by Crippen LogP contribution is 2.21. The van der Waals surface area contributed by atoms with Gasteiger partial charge in [0.15, 0.2) is 0 Å². The molecule has 0 amide bonds. The topological polar surface area (TPSA) is 27.3 Å². The van der Waals surface area contributed by atoms with E-state index in [4.69, 9.17) is 0 Å². The van der Waals surface area contributed by atoms with Crippen LogP contribution in [-0.4, -0.2) is 32.7 Å². The fourth-order valence-corrected chi connectivity index (χ4v) is 3.13. The van der Waals surface area contributed by atoms with E-state index in [0.29, 0.717) is 0 Å². The molecule has 0 saturated carbocycles. The number of unbranched alkanes of at least 4 members (excludes halogenated alkanes) is 1. The molecule has 0 bridgehead atoms. The van der Waals surface area contributed by atoms with Crippen molar-refractivity contribution in [2.75, 3.05) is 37.6 Å². The van der Waals surface area contributed by atoms with Crippen molar-refractivity contribution in [1.82, 2.24) is 10.6 Å². The molecule has 132 valence electrons. The van der Waals surface area contributed by atoms with Crippen LogP contribution in [0.5, 0.6) is 0 Å². The molecular formula is C22H29N3. The van der Waals surface area contributed by atoms with Crippen LogP contribution in [-0.2, 0) is 0 Å². The summed E-state index contributed by atoms with van der Waals surface area (Å²) in [7, 11) is 0. The minimum Gasteiger partial charge on any atom is -0.385 e. The van der Waals surface area contributed by atoms with Crippen LogP contribution in [0.4, 0.5) is 5.69 Å². The predicted molar refractivity (Wildman–Crippen MR) is 109 cm³/mol. The Hall–Kier alpha value is -2.26. The standard InChI is InChI=1S/C22H29N3/c1-2-3-13-24-22(18-19-7-5-4-6-8-19)20-9-11-21(12-10-20)25-16-14-23-15-17-25/h4-12,18,23-24H,2-3,13-17H2,1H3/b22-18-. The van der Waals surface area contributed by atoms with Gasteiger partial charge in [0.2, 0.25) is 0 Å². The number of anilines is 1. The third-order valence-corrected chi connectivity index (χ3v) is 4.62. The highest BCUT2D eigenvalue weighted by atomic mass is 15.2. The normalized spacial score (nSPS) is 15.2. The second-order valence-corrected chi connectivity index (χ2v) is 6.53. The smallest absolute Gasteiger partial charge is 0.0419 e. The van der Waals surface area contributed by atoms with Gasteiger partial charge in [-0.3, -0.25) is 0 Å². The summed E-state index contributed by atoms with van der Waals surface area (Å²) in [5.41, 5.74) is 5.00. The minimum absolute atomic E-state index is 1.01. The lowest BCUT2D eigenvalue weighted by atomic mass is 10.1. The Bertz CT molecular complexity index is 655. The van der Waals surface area contributed by atoms with Gasteiger partial charge in [-0.2, -0.15) is 0 Å². The summed E-state index contributed by atoms with van der Waals surface area (Å²) >= 11 is 0. The average molecular weight is 335 g/mol. The van der Waals surface area contributed by atoms with Gasteiger partial charge in [-0.05, 0) is 35.8 Å². The lowest BCUT2D eigenvalue weighted by molar-refractivity contribution is 0.589. The Morgan fingerprint density at radius 1 is 1.04 bits per heavy atom. The first-order valence-electron chi connectivity index (χ1n) is 9.43. The molecule has 1 heterocycles. The Morgan fingerprint density at radius 3 is 2.44 bits per heavy atom. The van der Waals surface area contributed by atoms with E-state index in [1.165, 1.54) is 35.4 Å². The maximum atomic E-state index is 3.62. The number of hydrogen-bond donors (Lipinski definition) is 2. The molecule has 1 saturated heterocycles. The SMILES string of the molecule is CCCCN/C(=C\c1ccccc1)c1ccc(N2CCNCC2)cc1. The zero-order valence-electron chi connectivity index (χ0n) is 15.2. The van der Waals surface area contributed by atoms with E-state index in [1.54, 1.807) is 0 Å². The van der Waals surface area contributed by atoms with Gasteiger partial charge in [0.1, 0.15) is 0 Å². The van der Waals surface area contributed by atoms with Gasteiger partial charge in [0.25, 0.3) is 0 Å². The van der Waals surface area contributed by atoms with E-state index in [2.05, 4.69) is 83.1 Å². The van der Waals surface area contributed by atoms with Gasteiger partial charge in [0.05, 0.1) is 0 Å². The Balaban J connectivity index is 1.78. The van der Waals surface area contributed by atoms with E-state index < -0.39 is 0 Å². The molecule has 0 radical (unpaired) electrons. The zero-order chi connectivity index (χ0) is 17.3. The van der Waals surface area contributed by atoms with Gasteiger partial charge in [-0.25, -0.2) is 0 Å². The third-order valence-electron chi connectivity index (χ3n) is 4.62. The van der Waals surface area contributed by atoms with Crippen LogP contribution in [0.2, 0.25) is 0 Å². The van der Waals surface area contributed by atoms with E-state index in [9.17, 15) is 0 Å². The Morgan fingerprint density at radius 2 is 1.76 bits per heavy atom. The minimum atomic E-state index is 1.01. The molecule has 3 heteroatoms. The monoisotopic (exact) mass is 335 g/mol. The number of hydrogen-bond acceptors (Lipinski definition) is 3. The molecule has 1 fully saturated rings. The quantitative estimate of drug-likeness (QED) is 0.592. The molecule has 1 aliphatic rings. The molecule has 2 aromatic rings. The van der Waals surface area contributed by atoms with E-state index >= 15 is 0 Å². The Labute approximate surface area is 151 Å². The number of nitrogens with one attached hydrogen (secondary N) is 2. The van der Waals surface area contributed by atoms with Crippen LogP contribution in [0, 0.1) is 0 Å². The number of piperazine rings is 1. The summed E-state index contributed by atoms with van der Waals surface area (Å²) in [5, 5.41) is 7.03. The summed E-state index contributed by atoms with van der Waals surface area (Å²) < 4.78 is 0. The second kappa shape index (κ2) is 9.28. The lowest BCUT2D eigenvalue weighted by Crippen LogP contribution is -2.43. The molecule has 1 aliphatic heterocycles. The van der Waals surface area contributed by atoms with Gasteiger partial charge in [-0.1, -0.05) is 55.8 Å². The van der Waals surface area contributed by atoms with Crippen molar-refractivity contribution in [3.05, 3.63) is 65.7 Å². The molecular weight excluding hydrogens is 306 g/mol. The summed E-state index contributed by atoms with van der Waals surface area (Å²) in [5.74, 6) is 0. The van der Waals surface area contributed by atoms with Gasteiger partial charge in [-0.15, -0.1) is 0 Å². The van der Waals surface area contributed by atoms with Gasteiger partial charge >= 0.3 is 0 Å². The Kier molecular flexibility index (Phi) is 6.52. The van der Waals surface area contributed by atoms with Crippen LogP contribution in [0.15, 0.2) is 54.6 Å². The first-order valence-corrected chi connectivity index (χ1v) is 9.43. The molecule has 2 N–H and O–H groups in total. The molecule has 0 atom stereocenters. The van der Waals surface area contributed by atoms with Gasteiger partial charge in [0, 0.05) is 44.1 Å². The lowest BCUT2D eigenvalue weighted by Gasteiger charge is -2.29. The van der Waals surface area contributed by atoms with Crippen LogP contribution < -0.4 is 15.5 Å². The summed E-state index contributed by atoms with van der Waals surface area (Å²) in [6.45, 7) is 7.54. The number of benzene rings is 2. The molecule has 0 unspecified atom stereocenters. The molecule has 0 spiro atoms. The van der Waals surface area contributed by atoms with E-state index in [0.717, 1.165) is 32.7 Å². The van der Waals surface area contributed by atoms with Crippen LogP contribution >= 0.6 is 0 Å². The molecule has 0 aliphatic carbocycles. The highest BCUT2D eigenvalue weighted by Gasteiger charge is 2.10. The van der Waals surface area contributed by atoms with E-state index in [1.807, 2.05) is 0 Å². The van der Waals surface area contributed by atoms with Crippen molar-refractivity contribution in [3.63, 3.8) is 0 Å². The predicted octanol–water partition coefficient (Wildman–Crippen LogP) is 3.98. The van der Waals surface area contributed by atoms with Crippen molar-refractivity contribution < 1.29 is 0 Å². The van der Waals surface area contributed by atoms with Crippen molar-refractivity contribution in [1.29, 1.82) is 0 Å². The van der Waals surface area contributed by atoms with Crippen molar-refractivity contribution in [3.8, 4) is 0 Å². The molecule has 3 rings (SSSR count). The van der Waals surface area contributed by atoms with Crippen molar-refractivity contribution in [2.24, 2.45) is 0 Å². The van der Waals surface area contributed by atoms with Crippen molar-refractivity contribution in [2.45, 2.75) is 19.8 Å². The zero-order valence-corrected chi connectivity index (χ0v) is 15.2. The summed E-state index contributed by atoms with van der Waals surface area (Å²) in [4.78, 5) is 2.45. The molecule has 25 heavy (non-hydrogen) atoms. The van der Waals surface area contributed by atoms with Gasteiger partial charge < -0.3 is 15.5 Å². The third kappa shape index (κ3) is 5.10. The summed E-state index contributed by atoms with van der Waals surface area (Å²) in [6, 6.07) is 19.5. The van der Waals surface area contributed by atoms with Crippen LogP contribution in [0.3, 0.4) is 0 Å². The molecule has 0 aromatic heterocycles. The first kappa shape index (κ1) is 17.6. The highest BCUT2D eigenvalue weighted by molar-refractivity contribution is 5.80. The molecule has 2 aromatic carbocycles. The largest absolute Gasteiger partial charge is 0.385 e. The second-order valence-electron chi connectivity index (χ2n) is 6.53. The van der Waals surface area contributed by atoms with E-state index in [-0.39, 0.29) is 0 Å². The fourth-order valence-electron chi connectivity index (χ4n) is 3.13. The first-order chi connectivity index (χ1) is 12.4. The maximum Gasteiger partial charge on any atom is 0.0419 e. The van der Waals surface area contributed by atoms with Crippen molar-refractivity contribution >= 4 is 17.5 Å². The van der Waals surface area contributed by atoms with Crippen LogP contribution in [0.25, 0.3) is 11.8 Å². The molecule has 3 nitrogen and oxygen atoms in total.